The maximum Gasteiger partial charge on any atom is 0.573 e. The van der Waals surface area contributed by atoms with Crippen molar-refractivity contribution in [2.24, 2.45) is 5.73 Å². The number of carbonyl (C=O) groups is 1. The molecule has 1 aromatic rings. The largest absolute Gasteiger partial charge is 0.573 e. The number of hydrogen-bond donors (Lipinski definition) is 1. The monoisotopic (exact) mass is 206 g/mol. The molecule has 0 fully saturated rings. The number of rotatable bonds is 2. The van der Waals surface area contributed by atoms with Gasteiger partial charge < -0.3 is 10.5 Å². The van der Waals surface area contributed by atoms with Gasteiger partial charge in [-0.3, -0.25) is 4.79 Å². The van der Waals surface area contributed by atoms with Crippen molar-refractivity contribution in [2.45, 2.75) is 6.36 Å². The molecule has 0 aliphatic heterocycles. The zero-order chi connectivity index (χ0) is 10.8. The van der Waals surface area contributed by atoms with Crippen LogP contribution in [0.15, 0.2) is 18.3 Å². The van der Waals surface area contributed by atoms with E-state index in [4.69, 9.17) is 5.73 Å². The summed E-state index contributed by atoms with van der Waals surface area (Å²) in [6.07, 6.45) is -3.73. The van der Waals surface area contributed by atoms with Gasteiger partial charge in [-0.2, -0.15) is 0 Å². The second-order valence-corrected chi connectivity index (χ2v) is 2.26. The minimum Gasteiger partial charge on any atom is -0.403 e. The Morgan fingerprint density at radius 2 is 2.14 bits per heavy atom. The maximum absolute atomic E-state index is 11.8. The lowest BCUT2D eigenvalue weighted by atomic mass is 10.3. The standard InChI is InChI=1S/C7H5F3N2O2/c8-7(9,10)14-4-2-1-3-12-5(4)6(11)13/h1-3H,(H2,11,13). The summed E-state index contributed by atoms with van der Waals surface area (Å²) >= 11 is 0. The van der Waals surface area contributed by atoms with E-state index < -0.39 is 23.7 Å². The van der Waals surface area contributed by atoms with Crippen molar-refractivity contribution >= 4 is 5.91 Å². The number of nitrogens with two attached hydrogens (primary N) is 1. The van der Waals surface area contributed by atoms with Gasteiger partial charge in [0.2, 0.25) is 0 Å². The van der Waals surface area contributed by atoms with E-state index in [2.05, 4.69) is 9.72 Å². The maximum atomic E-state index is 11.8. The molecule has 0 aliphatic carbocycles. The van der Waals surface area contributed by atoms with E-state index in [9.17, 15) is 18.0 Å². The fraction of sp³-hybridized carbons (Fsp3) is 0.143. The zero-order valence-electron chi connectivity index (χ0n) is 6.71. The van der Waals surface area contributed by atoms with E-state index in [1.165, 1.54) is 6.07 Å². The SMILES string of the molecule is NC(=O)c1ncccc1OC(F)(F)F. The van der Waals surface area contributed by atoms with E-state index in [0.29, 0.717) is 0 Å². The summed E-state index contributed by atoms with van der Waals surface area (Å²) in [5, 5.41) is 0. The third-order valence-corrected chi connectivity index (χ3v) is 1.23. The number of aromatic nitrogens is 1. The number of carbonyl (C=O) groups excluding carboxylic acids is 1. The van der Waals surface area contributed by atoms with Gasteiger partial charge in [-0.1, -0.05) is 0 Å². The van der Waals surface area contributed by atoms with Crippen molar-refractivity contribution in [1.82, 2.24) is 4.98 Å². The van der Waals surface area contributed by atoms with Crippen molar-refractivity contribution in [2.75, 3.05) is 0 Å². The number of ether oxygens (including phenoxy) is 1. The van der Waals surface area contributed by atoms with Gasteiger partial charge in [0, 0.05) is 6.20 Å². The van der Waals surface area contributed by atoms with Gasteiger partial charge in [-0.25, -0.2) is 4.98 Å². The first kappa shape index (κ1) is 10.3. The Bertz CT molecular complexity index is 351. The molecule has 0 spiro atoms. The molecule has 1 heterocycles. The van der Waals surface area contributed by atoms with Crippen LogP contribution in [0.2, 0.25) is 0 Å². The van der Waals surface area contributed by atoms with Crippen LogP contribution in [0.4, 0.5) is 13.2 Å². The fourth-order valence-electron chi connectivity index (χ4n) is 0.783. The average molecular weight is 206 g/mol. The molecule has 7 heteroatoms. The molecule has 0 radical (unpaired) electrons. The van der Waals surface area contributed by atoms with Crippen LogP contribution in [0.3, 0.4) is 0 Å². The minimum atomic E-state index is -4.87. The number of alkyl halides is 3. The number of amides is 1. The van der Waals surface area contributed by atoms with Crippen molar-refractivity contribution in [3.8, 4) is 5.75 Å². The molecule has 0 saturated heterocycles. The lowest BCUT2D eigenvalue weighted by molar-refractivity contribution is -0.274. The van der Waals surface area contributed by atoms with E-state index in [1.807, 2.05) is 0 Å². The smallest absolute Gasteiger partial charge is 0.403 e. The Morgan fingerprint density at radius 1 is 1.50 bits per heavy atom. The molecule has 0 unspecified atom stereocenters. The highest BCUT2D eigenvalue weighted by molar-refractivity contribution is 5.93. The second kappa shape index (κ2) is 3.52. The van der Waals surface area contributed by atoms with Gasteiger partial charge in [0.1, 0.15) is 0 Å². The van der Waals surface area contributed by atoms with E-state index in [0.717, 1.165) is 12.3 Å². The molecule has 4 nitrogen and oxygen atoms in total. The van der Waals surface area contributed by atoms with Crippen LogP contribution >= 0.6 is 0 Å². The van der Waals surface area contributed by atoms with Crippen LogP contribution in [0.5, 0.6) is 5.75 Å². The third kappa shape index (κ3) is 2.61. The minimum absolute atomic E-state index is 0.551. The van der Waals surface area contributed by atoms with Crippen LogP contribution in [-0.4, -0.2) is 17.3 Å². The molecule has 0 aliphatic rings. The van der Waals surface area contributed by atoms with E-state index >= 15 is 0 Å². The summed E-state index contributed by atoms with van der Waals surface area (Å²) in [4.78, 5) is 14.0. The van der Waals surface area contributed by atoms with Gasteiger partial charge in [0.25, 0.3) is 5.91 Å². The molecular formula is C7H5F3N2O2. The number of primary amides is 1. The lowest BCUT2D eigenvalue weighted by Gasteiger charge is -2.09. The van der Waals surface area contributed by atoms with Gasteiger partial charge in [-0.15, -0.1) is 13.2 Å². The molecule has 0 bridgehead atoms. The summed E-state index contributed by atoms with van der Waals surface area (Å²) in [6, 6.07) is 2.16. The lowest BCUT2D eigenvalue weighted by Crippen LogP contribution is -2.21. The van der Waals surface area contributed by atoms with Crippen LogP contribution < -0.4 is 10.5 Å². The van der Waals surface area contributed by atoms with Crippen molar-refractivity contribution < 1.29 is 22.7 Å². The first-order valence-electron chi connectivity index (χ1n) is 3.41. The van der Waals surface area contributed by atoms with Crippen LogP contribution in [0.25, 0.3) is 0 Å². The molecule has 0 aromatic carbocycles. The van der Waals surface area contributed by atoms with Gasteiger partial charge >= 0.3 is 6.36 Å². The normalized spacial score (nSPS) is 11.1. The van der Waals surface area contributed by atoms with Gasteiger partial charge in [-0.05, 0) is 12.1 Å². The molecule has 1 amide bonds. The van der Waals surface area contributed by atoms with Crippen molar-refractivity contribution in [3.05, 3.63) is 24.0 Å². The van der Waals surface area contributed by atoms with Crippen molar-refractivity contribution in [1.29, 1.82) is 0 Å². The molecule has 2 N–H and O–H groups in total. The predicted octanol–water partition coefficient (Wildman–Crippen LogP) is 1.08. The van der Waals surface area contributed by atoms with Crippen LogP contribution in [0, 0.1) is 0 Å². The highest BCUT2D eigenvalue weighted by atomic mass is 19.4. The number of hydrogen-bond acceptors (Lipinski definition) is 3. The Balaban J connectivity index is 3.02. The molecular weight excluding hydrogens is 201 g/mol. The second-order valence-electron chi connectivity index (χ2n) is 2.26. The van der Waals surface area contributed by atoms with Crippen LogP contribution in [0.1, 0.15) is 10.5 Å². The Morgan fingerprint density at radius 3 is 2.64 bits per heavy atom. The quantitative estimate of drug-likeness (QED) is 0.787. The summed E-state index contributed by atoms with van der Waals surface area (Å²) in [5.74, 6) is -1.78. The molecule has 76 valence electrons. The Labute approximate surface area is 76.5 Å². The summed E-state index contributed by atoms with van der Waals surface area (Å²) in [5.41, 5.74) is 4.23. The number of pyridine rings is 1. The number of nitrogens with zero attached hydrogens (tertiary/aromatic N) is 1. The fourth-order valence-corrected chi connectivity index (χ4v) is 0.783. The highest BCUT2D eigenvalue weighted by Gasteiger charge is 2.32. The average Bonchev–Trinajstić information content (AvgIpc) is 2.01. The first-order valence-corrected chi connectivity index (χ1v) is 3.41. The first-order chi connectivity index (χ1) is 6.40. The third-order valence-electron chi connectivity index (χ3n) is 1.23. The van der Waals surface area contributed by atoms with Gasteiger partial charge in [0.15, 0.2) is 11.4 Å². The molecule has 0 atom stereocenters. The Kier molecular flexibility index (Phi) is 2.59. The van der Waals surface area contributed by atoms with E-state index in [1.54, 1.807) is 0 Å². The highest BCUT2D eigenvalue weighted by Crippen LogP contribution is 2.24. The summed E-state index contributed by atoms with van der Waals surface area (Å²) in [7, 11) is 0. The van der Waals surface area contributed by atoms with Gasteiger partial charge in [0.05, 0.1) is 0 Å². The summed E-state index contributed by atoms with van der Waals surface area (Å²) in [6.45, 7) is 0. The van der Waals surface area contributed by atoms with Crippen LogP contribution in [-0.2, 0) is 0 Å². The zero-order valence-corrected chi connectivity index (χ0v) is 6.71. The molecule has 1 aromatic heterocycles. The topological polar surface area (TPSA) is 65.2 Å². The Hall–Kier alpha value is -1.79. The summed E-state index contributed by atoms with van der Waals surface area (Å²) < 4.78 is 38.9. The van der Waals surface area contributed by atoms with E-state index in [-0.39, 0.29) is 0 Å². The predicted molar refractivity (Wildman–Crippen MR) is 39.4 cm³/mol. The molecule has 0 saturated carbocycles. The number of halogens is 3. The van der Waals surface area contributed by atoms with Crippen molar-refractivity contribution in [3.63, 3.8) is 0 Å². The molecule has 14 heavy (non-hydrogen) atoms. The molecule has 1 rings (SSSR count).